The Bertz CT molecular complexity index is 2690. The largest absolute Gasteiger partial charge is 0.353 e. The van der Waals surface area contributed by atoms with E-state index in [0.717, 1.165) is 22.1 Å². The van der Waals surface area contributed by atoms with Crippen LogP contribution in [0.2, 0.25) is 0 Å². The van der Waals surface area contributed by atoms with E-state index in [0.29, 0.717) is 38.3 Å². The summed E-state index contributed by atoms with van der Waals surface area (Å²) in [6.45, 7) is 0. The lowest BCUT2D eigenvalue weighted by Gasteiger charge is -2.21. The summed E-state index contributed by atoms with van der Waals surface area (Å²) in [5, 5.41) is 5.45. The van der Waals surface area contributed by atoms with E-state index in [1.54, 1.807) is 60.7 Å². The predicted molar refractivity (Wildman–Crippen MR) is 175 cm³/mol. The van der Waals surface area contributed by atoms with Crippen molar-refractivity contribution >= 4 is 65.9 Å². The Balaban J connectivity index is 1.42. The Kier molecular flexibility index (Phi) is 5.23. The molecule has 0 spiro atoms. The standard InChI is InChI=1S/C37H20N2O6S/c40-35-22-12-6-7-13-23(22)36(41)32-31(35)29(38-37(42)18-8-2-1-3-9-18)17-27-26-16-25-21-11-5-4-10-20(21)24-14-19(46(43,44)45)15-28(30(24)25)33(26)39-34(27)32/h1-17,39H,(H,38,42)(H,43,44,45). The van der Waals surface area contributed by atoms with Gasteiger partial charge in [0.15, 0.2) is 11.6 Å². The van der Waals surface area contributed by atoms with Crippen molar-refractivity contribution in [2.45, 2.75) is 4.90 Å². The van der Waals surface area contributed by atoms with Gasteiger partial charge < -0.3 is 10.3 Å². The highest BCUT2D eigenvalue weighted by atomic mass is 32.2. The highest BCUT2D eigenvalue weighted by Gasteiger charge is 2.36. The molecule has 0 saturated heterocycles. The van der Waals surface area contributed by atoms with E-state index in [9.17, 15) is 27.4 Å². The van der Waals surface area contributed by atoms with Crippen molar-refractivity contribution in [3.8, 4) is 22.3 Å². The van der Waals surface area contributed by atoms with Crippen LogP contribution in [-0.2, 0) is 10.1 Å². The van der Waals surface area contributed by atoms with Crippen LogP contribution in [0.3, 0.4) is 0 Å². The van der Waals surface area contributed by atoms with Gasteiger partial charge in [-0.05, 0) is 64.0 Å². The SMILES string of the molecule is O=C(Nc1cc2c([nH]c3c4cc(S(=O)(=O)O)cc5c4c(cc23)-c2ccccc2-5)c2c1C(=O)c1ccccc1C2=O)c1ccccc1. The molecule has 2 aliphatic carbocycles. The number of carbonyl (C=O) groups is 3. The number of aromatic amines is 1. The van der Waals surface area contributed by atoms with Crippen LogP contribution in [0.1, 0.15) is 42.2 Å². The van der Waals surface area contributed by atoms with Gasteiger partial charge >= 0.3 is 0 Å². The first-order valence-corrected chi connectivity index (χ1v) is 15.9. The summed E-state index contributed by atoms with van der Waals surface area (Å²) in [7, 11) is -4.58. The normalized spacial score (nSPS) is 13.2. The van der Waals surface area contributed by atoms with Crippen LogP contribution in [-0.4, -0.2) is 35.4 Å². The first kappa shape index (κ1) is 26.5. The van der Waals surface area contributed by atoms with Crippen molar-refractivity contribution in [2.24, 2.45) is 0 Å². The van der Waals surface area contributed by atoms with E-state index in [2.05, 4.69) is 10.3 Å². The van der Waals surface area contributed by atoms with Crippen LogP contribution < -0.4 is 5.32 Å². The van der Waals surface area contributed by atoms with Gasteiger partial charge in [-0.1, -0.05) is 66.7 Å². The molecule has 8 nitrogen and oxygen atoms in total. The Labute approximate surface area is 261 Å². The zero-order valence-electron chi connectivity index (χ0n) is 23.7. The molecule has 1 amide bonds. The quantitative estimate of drug-likeness (QED) is 0.176. The monoisotopic (exact) mass is 620 g/mol. The summed E-state index contributed by atoms with van der Waals surface area (Å²) in [6, 6.07) is 29.4. The van der Waals surface area contributed by atoms with Gasteiger partial charge in [0, 0.05) is 32.8 Å². The van der Waals surface area contributed by atoms with Gasteiger partial charge in [0.2, 0.25) is 0 Å². The molecule has 3 N–H and O–H groups in total. The topological polar surface area (TPSA) is 133 Å². The average Bonchev–Trinajstić information content (AvgIpc) is 3.59. The maximum atomic E-state index is 14.2. The zero-order valence-corrected chi connectivity index (χ0v) is 24.5. The third-order valence-corrected chi connectivity index (χ3v) is 9.87. The minimum Gasteiger partial charge on any atom is -0.353 e. The van der Waals surface area contributed by atoms with Crippen LogP contribution >= 0.6 is 0 Å². The molecule has 9 heteroatoms. The zero-order chi connectivity index (χ0) is 31.5. The van der Waals surface area contributed by atoms with Gasteiger partial charge in [0.05, 0.1) is 32.7 Å². The molecule has 0 atom stereocenters. The fourth-order valence-corrected chi connectivity index (χ4v) is 7.59. The molecule has 0 saturated carbocycles. The van der Waals surface area contributed by atoms with Crippen molar-refractivity contribution in [1.29, 1.82) is 0 Å². The third kappa shape index (κ3) is 3.52. The Morgan fingerprint density at radius 3 is 1.83 bits per heavy atom. The first-order valence-electron chi connectivity index (χ1n) is 14.5. The lowest BCUT2D eigenvalue weighted by atomic mass is 9.82. The Morgan fingerprint density at radius 2 is 1.17 bits per heavy atom. The minimum atomic E-state index is -4.58. The highest BCUT2D eigenvalue weighted by molar-refractivity contribution is 7.85. The van der Waals surface area contributed by atoms with E-state index in [1.807, 2.05) is 30.3 Å². The summed E-state index contributed by atoms with van der Waals surface area (Å²) >= 11 is 0. The number of hydrogen-bond acceptors (Lipinski definition) is 5. The molecule has 46 heavy (non-hydrogen) atoms. The van der Waals surface area contributed by atoms with E-state index < -0.39 is 21.8 Å². The van der Waals surface area contributed by atoms with E-state index in [1.165, 1.54) is 12.1 Å². The van der Waals surface area contributed by atoms with Crippen molar-refractivity contribution in [2.75, 3.05) is 5.32 Å². The molecule has 6 aromatic carbocycles. The number of hydrogen-bond donors (Lipinski definition) is 3. The lowest BCUT2D eigenvalue weighted by molar-refractivity contribution is 0.0979. The molecule has 7 aromatic rings. The maximum absolute atomic E-state index is 14.2. The summed E-state index contributed by atoms with van der Waals surface area (Å²) in [5.41, 5.74) is 5.42. The molecule has 0 aliphatic heterocycles. The smallest absolute Gasteiger partial charge is 0.294 e. The molecule has 1 aromatic heterocycles. The second kappa shape index (κ2) is 9.07. The number of carbonyl (C=O) groups excluding carboxylic acids is 3. The van der Waals surface area contributed by atoms with Gasteiger partial charge in [0.1, 0.15) is 0 Å². The molecule has 0 unspecified atom stereocenters. The van der Waals surface area contributed by atoms with Gasteiger partial charge in [-0.2, -0.15) is 8.42 Å². The number of nitrogens with one attached hydrogen (secondary N) is 2. The van der Waals surface area contributed by atoms with Gasteiger partial charge in [-0.25, -0.2) is 0 Å². The van der Waals surface area contributed by atoms with Gasteiger partial charge in [-0.3, -0.25) is 18.9 Å². The van der Waals surface area contributed by atoms with Gasteiger partial charge in [0.25, 0.3) is 16.0 Å². The first-order chi connectivity index (χ1) is 22.2. The molecular weight excluding hydrogens is 600 g/mol. The second-order valence-corrected chi connectivity index (χ2v) is 12.9. The Morgan fingerprint density at radius 1 is 0.609 bits per heavy atom. The summed E-state index contributed by atoms with van der Waals surface area (Å²) < 4.78 is 35.0. The predicted octanol–water partition coefficient (Wildman–Crippen LogP) is 7.40. The van der Waals surface area contributed by atoms with Crippen molar-refractivity contribution in [3.63, 3.8) is 0 Å². The molecule has 0 radical (unpaired) electrons. The average molecular weight is 621 g/mol. The van der Waals surface area contributed by atoms with Crippen LogP contribution in [0.25, 0.3) is 54.8 Å². The van der Waals surface area contributed by atoms with Crippen molar-refractivity contribution in [3.05, 3.63) is 131 Å². The van der Waals surface area contributed by atoms with Gasteiger partial charge in [-0.15, -0.1) is 0 Å². The number of benzene rings is 6. The molecule has 9 rings (SSSR count). The van der Waals surface area contributed by atoms with Crippen LogP contribution in [0.5, 0.6) is 0 Å². The maximum Gasteiger partial charge on any atom is 0.294 e. The molecule has 220 valence electrons. The fourth-order valence-electron chi connectivity index (χ4n) is 7.05. The molecule has 0 bridgehead atoms. The number of rotatable bonds is 3. The lowest BCUT2D eigenvalue weighted by Crippen LogP contribution is -2.24. The number of anilines is 1. The molecule has 0 fully saturated rings. The molecule has 2 aliphatic rings. The van der Waals surface area contributed by atoms with Crippen LogP contribution in [0.4, 0.5) is 5.69 Å². The summed E-state index contributed by atoms with van der Waals surface area (Å²) in [5.74, 6) is -1.22. The number of fused-ring (bicyclic) bond motifs is 10. The summed E-state index contributed by atoms with van der Waals surface area (Å²) in [6.07, 6.45) is 0. The second-order valence-electron chi connectivity index (χ2n) is 11.5. The fraction of sp³-hybridized carbons (Fsp3) is 0. The number of aromatic nitrogens is 1. The number of amides is 1. The van der Waals surface area contributed by atoms with E-state index >= 15 is 0 Å². The Hall–Kier alpha value is -5.90. The number of H-pyrrole nitrogens is 1. The number of ketones is 2. The van der Waals surface area contributed by atoms with E-state index in [4.69, 9.17) is 0 Å². The minimum absolute atomic E-state index is 0.0771. The molecular formula is C37H20N2O6S. The molecule has 1 heterocycles. The third-order valence-electron chi connectivity index (χ3n) is 9.04. The summed E-state index contributed by atoms with van der Waals surface area (Å²) in [4.78, 5) is 44.8. The van der Waals surface area contributed by atoms with E-state index in [-0.39, 0.29) is 38.6 Å². The van der Waals surface area contributed by atoms with Crippen molar-refractivity contribution in [1.82, 2.24) is 4.98 Å². The highest BCUT2D eigenvalue weighted by Crippen LogP contribution is 2.51. The van der Waals surface area contributed by atoms with Crippen LogP contribution in [0.15, 0.2) is 108 Å². The van der Waals surface area contributed by atoms with Crippen LogP contribution in [0, 0.1) is 0 Å². The van der Waals surface area contributed by atoms with Crippen molar-refractivity contribution < 1.29 is 27.4 Å².